The van der Waals surface area contributed by atoms with Crippen molar-refractivity contribution in [3.63, 3.8) is 0 Å². The summed E-state index contributed by atoms with van der Waals surface area (Å²) in [6.45, 7) is 4.30. The third-order valence-electron chi connectivity index (χ3n) is 3.12. The molecule has 0 saturated heterocycles. The monoisotopic (exact) mass is 353 g/mol. The Morgan fingerprint density at radius 2 is 1.80 bits per heavy atom. The Bertz CT molecular complexity index is 712. The first-order chi connectivity index (χ1) is 11.7. The molecule has 4 nitrogen and oxygen atoms in total. The van der Waals surface area contributed by atoms with Gasteiger partial charge in [0.05, 0.1) is 12.7 Å². The molecule has 0 spiro atoms. The molecule has 0 aliphatic heterocycles. The fourth-order valence-electron chi connectivity index (χ4n) is 1.99. The number of hydrogen-bond donors (Lipinski definition) is 1. The van der Waals surface area contributed by atoms with Crippen molar-refractivity contribution >= 4 is 11.6 Å². The predicted molar refractivity (Wildman–Crippen MR) is 87.4 cm³/mol. The van der Waals surface area contributed by atoms with E-state index in [1.807, 2.05) is 13.8 Å². The van der Waals surface area contributed by atoms with Crippen LogP contribution in [0.25, 0.3) is 0 Å². The third-order valence-corrected chi connectivity index (χ3v) is 3.12. The number of hydrogen-bond acceptors (Lipinski definition) is 3. The number of anilines is 1. The first kappa shape index (κ1) is 18.8. The highest BCUT2D eigenvalue weighted by Crippen LogP contribution is 2.25. The summed E-state index contributed by atoms with van der Waals surface area (Å²) in [7, 11) is 0. The predicted octanol–water partition coefficient (Wildman–Crippen LogP) is 4.76. The van der Waals surface area contributed by atoms with E-state index in [1.165, 1.54) is 12.1 Å². The summed E-state index contributed by atoms with van der Waals surface area (Å²) in [5, 5.41) is 2.54. The molecule has 0 unspecified atom stereocenters. The van der Waals surface area contributed by atoms with Crippen molar-refractivity contribution in [1.29, 1.82) is 0 Å². The highest BCUT2D eigenvalue weighted by Gasteiger charge is 2.31. The van der Waals surface area contributed by atoms with Crippen LogP contribution >= 0.6 is 0 Å². The van der Waals surface area contributed by atoms with Crippen molar-refractivity contribution < 1.29 is 27.4 Å². The molecule has 0 bridgehead atoms. The maximum Gasteiger partial charge on any atom is 0.573 e. The molecule has 2 aromatic carbocycles. The molecule has 0 heterocycles. The van der Waals surface area contributed by atoms with Gasteiger partial charge in [-0.2, -0.15) is 0 Å². The lowest BCUT2D eigenvalue weighted by Crippen LogP contribution is -2.17. The molecule has 0 aromatic heterocycles. The van der Waals surface area contributed by atoms with Gasteiger partial charge in [-0.3, -0.25) is 4.79 Å². The van der Waals surface area contributed by atoms with E-state index in [0.29, 0.717) is 12.2 Å². The molecule has 7 heteroatoms. The highest BCUT2D eigenvalue weighted by molar-refractivity contribution is 6.04. The number of halogens is 3. The van der Waals surface area contributed by atoms with Crippen molar-refractivity contribution in [2.45, 2.75) is 32.9 Å². The van der Waals surface area contributed by atoms with E-state index >= 15 is 0 Å². The van der Waals surface area contributed by atoms with Gasteiger partial charge < -0.3 is 14.8 Å². The highest BCUT2D eigenvalue weighted by atomic mass is 19.4. The van der Waals surface area contributed by atoms with Crippen LogP contribution in [0.4, 0.5) is 18.9 Å². The zero-order valence-electron chi connectivity index (χ0n) is 13.8. The number of ether oxygens (including phenoxy) is 2. The number of carbonyl (C=O) groups is 1. The molecule has 1 amide bonds. The minimum atomic E-state index is -4.78. The summed E-state index contributed by atoms with van der Waals surface area (Å²) in [6, 6.07) is 11.9. The zero-order valence-corrected chi connectivity index (χ0v) is 13.8. The standard InChI is InChI=1S/C18H18F3NO3/c1-12(2)24-11-13-6-8-14(9-7-13)17(23)22-15-4-3-5-16(10-15)25-18(19,20)21/h3-10,12H,11H2,1-2H3,(H,22,23). The molecular weight excluding hydrogens is 335 g/mol. The lowest BCUT2D eigenvalue weighted by molar-refractivity contribution is -0.274. The van der Waals surface area contributed by atoms with Gasteiger partial charge in [-0.1, -0.05) is 18.2 Å². The molecule has 0 aliphatic carbocycles. The number of nitrogens with one attached hydrogen (secondary N) is 1. The van der Waals surface area contributed by atoms with Gasteiger partial charge in [-0.05, 0) is 43.7 Å². The Hall–Kier alpha value is -2.54. The van der Waals surface area contributed by atoms with Gasteiger partial charge in [0.15, 0.2) is 0 Å². The van der Waals surface area contributed by atoms with Crippen molar-refractivity contribution in [3.05, 3.63) is 59.7 Å². The molecule has 0 fully saturated rings. The van der Waals surface area contributed by atoms with E-state index in [4.69, 9.17) is 4.74 Å². The first-order valence-electron chi connectivity index (χ1n) is 7.60. The largest absolute Gasteiger partial charge is 0.573 e. The summed E-state index contributed by atoms with van der Waals surface area (Å²) in [4.78, 5) is 12.2. The average molecular weight is 353 g/mol. The van der Waals surface area contributed by atoms with Gasteiger partial charge in [0.1, 0.15) is 5.75 Å². The molecule has 25 heavy (non-hydrogen) atoms. The number of rotatable bonds is 6. The molecule has 0 radical (unpaired) electrons. The summed E-state index contributed by atoms with van der Waals surface area (Å²) >= 11 is 0. The normalized spacial score (nSPS) is 11.4. The van der Waals surface area contributed by atoms with Gasteiger partial charge in [0, 0.05) is 17.3 Å². The Morgan fingerprint density at radius 1 is 1.12 bits per heavy atom. The Morgan fingerprint density at radius 3 is 2.40 bits per heavy atom. The summed E-state index contributed by atoms with van der Waals surface area (Å²) in [5.74, 6) is -0.827. The minimum absolute atomic E-state index is 0.106. The molecule has 1 N–H and O–H groups in total. The Balaban J connectivity index is 2.01. The Labute approximate surface area is 143 Å². The topological polar surface area (TPSA) is 47.6 Å². The SMILES string of the molecule is CC(C)OCc1ccc(C(=O)Nc2cccc(OC(F)(F)F)c2)cc1. The minimum Gasteiger partial charge on any atom is -0.406 e. The van der Waals surface area contributed by atoms with E-state index in [1.54, 1.807) is 24.3 Å². The maximum absolute atomic E-state index is 12.2. The number of benzene rings is 2. The fourth-order valence-corrected chi connectivity index (χ4v) is 1.99. The van der Waals surface area contributed by atoms with Crippen molar-refractivity contribution in [3.8, 4) is 5.75 Å². The quantitative estimate of drug-likeness (QED) is 0.814. The van der Waals surface area contributed by atoms with Crippen molar-refractivity contribution in [2.75, 3.05) is 5.32 Å². The van der Waals surface area contributed by atoms with Crippen LogP contribution in [-0.2, 0) is 11.3 Å². The zero-order chi connectivity index (χ0) is 18.4. The summed E-state index contributed by atoms with van der Waals surface area (Å²) in [6.07, 6.45) is -4.68. The van der Waals surface area contributed by atoms with Crippen LogP contribution < -0.4 is 10.1 Å². The van der Waals surface area contributed by atoms with Crippen LogP contribution in [0.15, 0.2) is 48.5 Å². The van der Waals surface area contributed by atoms with Crippen LogP contribution in [0.5, 0.6) is 5.75 Å². The van der Waals surface area contributed by atoms with Crippen LogP contribution in [0, 0.1) is 0 Å². The van der Waals surface area contributed by atoms with E-state index in [2.05, 4.69) is 10.1 Å². The molecular formula is C18H18F3NO3. The Kier molecular flexibility index (Phi) is 6.03. The average Bonchev–Trinajstić information content (AvgIpc) is 2.52. The van der Waals surface area contributed by atoms with E-state index in [-0.39, 0.29) is 11.8 Å². The first-order valence-corrected chi connectivity index (χ1v) is 7.60. The van der Waals surface area contributed by atoms with Gasteiger partial charge in [-0.15, -0.1) is 13.2 Å². The van der Waals surface area contributed by atoms with Gasteiger partial charge in [0.2, 0.25) is 0 Å². The second-order valence-corrected chi connectivity index (χ2v) is 5.59. The second kappa shape index (κ2) is 8.02. The van der Waals surface area contributed by atoms with Crippen molar-refractivity contribution in [1.82, 2.24) is 0 Å². The van der Waals surface area contributed by atoms with Crippen molar-refractivity contribution in [2.24, 2.45) is 0 Å². The maximum atomic E-state index is 12.2. The second-order valence-electron chi connectivity index (χ2n) is 5.59. The number of alkyl halides is 3. The number of amides is 1. The third kappa shape index (κ3) is 6.46. The lowest BCUT2D eigenvalue weighted by Gasteiger charge is -2.11. The van der Waals surface area contributed by atoms with E-state index in [9.17, 15) is 18.0 Å². The van der Waals surface area contributed by atoms with Gasteiger partial charge >= 0.3 is 6.36 Å². The summed E-state index contributed by atoms with van der Waals surface area (Å²) < 4.78 is 46.0. The van der Waals surface area contributed by atoms with Crippen LogP contribution in [-0.4, -0.2) is 18.4 Å². The smallest absolute Gasteiger partial charge is 0.406 e. The lowest BCUT2D eigenvalue weighted by atomic mass is 10.1. The molecule has 2 rings (SSSR count). The van der Waals surface area contributed by atoms with Gasteiger partial charge in [0.25, 0.3) is 5.91 Å². The van der Waals surface area contributed by atoms with Crippen LogP contribution in [0.3, 0.4) is 0 Å². The van der Waals surface area contributed by atoms with Gasteiger partial charge in [-0.25, -0.2) is 0 Å². The molecule has 0 atom stereocenters. The van der Waals surface area contributed by atoms with Crippen LogP contribution in [0.1, 0.15) is 29.8 Å². The van der Waals surface area contributed by atoms with E-state index < -0.39 is 18.0 Å². The molecule has 0 saturated carbocycles. The number of carbonyl (C=O) groups excluding carboxylic acids is 1. The fraction of sp³-hybridized carbons (Fsp3) is 0.278. The van der Waals surface area contributed by atoms with Crippen LogP contribution in [0.2, 0.25) is 0 Å². The molecule has 2 aromatic rings. The molecule has 134 valence electrons. The summed E-state index contributed by atoms with van der Waals surface area (Å²) in [5.41, 5.74) is 1.51. The molecule has 0 aliphatic rings. The van der Waals surface area contributed by atoms with E-state index in [0.717, 1.165) is 17.7 Å².